The highest BCUT2D eigenvalue weighted by atomic mass is 16.5. The first-order chi connectivity index (χ1) is 8.49. The van der Waals surface area contributed by atoms with Gasteiger partial charge in [-0.05, 0) is 25.8 Å². The number of nitrogens with zero attached hydrogens (tertiary/aromatic N) is 1. The van der Waals surface area contributed by atoms with Crippen LogP contribution in [0.4, 0.5) is 0 Å². The summed E-state index contributed by atoms with van der Waals surface area (Å²) < 4.78 is 5.28. The average molecular weight is 258 g/mol. The molecule has 1 unspecified atom stereocenters. The van der Waals surface area contributed by atoms with Crippen LogP contribution in [-0.4, -0.2) is 61.3 Å². The van der Waals surface area contributed by atoms with E-state index in [4.69, 9.17) is 9.84 Å². The Morgan fingerprint density at radius 1 is 1.44 bits per heavy atom. The summed E-state index contributed by atoms with van der Waals surface area (Å²) in [6, 6.07) is -0.840. The Labute approximate surface area is 107 Å². The third-order valence-corrected chi connectivity index (χ3v) is 3.08. The zero-order valence-corrected chi connectivity index (χ0v) is 11.0. The van der Waals surface area contributed by atoms with E-state index in [0.717, 1.165) is 32.6 Å². The van der Waals surface area contributed by atoms with Crippen molar-refractivity contribution >= 4 is 11.9 Å². The topological polar surface area (TPSA) is 78.9 Å². The molecule has 0 aromatic heterocycles. The molecule has 6 heteroatoms. The fraction of sp³-hybridized carbons (Fsp3) is 0.833. The average Bonchev–Trinajstić information content (AvgIpc) is 2.28. The van der Waals surface area contributed by atoms with Crippen molar-refractivity contribution in [1.82, 2.24) is 10.2 Å². The van der Waals surface area contributed by atoms with Gasteiger partial charge in [-0.25, -0.2) is 4.79 Å². The predicted octanol–water partition coefficient (Wildman–Crippen LogP) is -0.0659. The Morgan fingerprint density at radius 2 is 2.06 bits per heavy atom. The zero-order chi connectivity index (χ0) is 13.5. The molecule has 0 bridgehead atoms. The number of amides is 1. The molecule has 104 valence electrons. The predicted molar refractivity (Wildman–Crippen MR) is 66.3 cm³/mol. The van der Waals surface area contributed by atoms with Gasteiger partial charge in [0.05, 0.1) is 0 Å². The molecule has 0 aromatic rings. The molecule has 1 amide bonds. The fourth-order valence-corrected chi connectivity index (χ4v) is 2.19. The van der Waals surface area contributed by atoms with Gasteiger partial charge in [-0.15, -0.1) is 0 Å². The first-order valence-corrected chi connectivity index (χ1v) is 6.25. The molecule has 0 aromatic carbocycles. The van der Waals surface area contributed by atoms with Crippen molar-refractivity contribution in [1.29, 1.82) is 0 Å². The van der Waals surface area contributed by atoms with Crippen LogP contribution in [0.1, 0.15) is 19.8 Å². The molecule has 18 heavy (non-hydrogen) atoms. The molecule has 0 spiro atoms. The lowest BCUT2D eigenvalue weighted by Gasteiger charge is -2.28. The van der Waals surface area contributed by atoms with Crippen molar-refractivity contribution in [2.24, 2.45) is 5.92 Å². The van der Waals surface area contributed by atoms with Gasteiger partial charge in [-0.2, -0.15) is 0 Å². The third kappa shape index (κ3) is 5.46. The Kier molecular flexibility index (Phi) is 6.07. The summed E-state index contributed by atoms with van der Waals surface area (Å²) in [4.78, 5) is 23.9. The minimum atomic E-state index is -0.996. The maximum absolute atomic E-state index is 11.0. The quantitative estimate of drug-likeness (QED) is 0.697. The number of carboxylic acids is 1. The number of carboxylic acid groups (broad SMARTS) is 1. The largest absolute Gasteiger partial charge is 0.480 e. The van der Waals surface area contributed by atoms with Crippen LogP contribution in [0, 0.1) is 5.92 Å². The van der Waals surface area contributed by atoms with Crippen molar-refractivity contribution in [2.75, 3.05) is 33.4 Å². The van der Waals surface area contributed by atoms with E-state index in [-0.39, 0.29) is 5.91 Å². The van der Waals surface area contributed by atoms with Gasteiger partial charge < -0.3 is 20.1 Å². The monoisotopic (exact) mass is 258 g/mol. The zero-order valence-electron chi connectivity index (χ0n) is 11.0. The van der Waals surface area contributed by atoms with Gasteiger partial charge in [0.2, 0.25) is 5.91 Å². The summed E-state index contributed by atoms with van der Waals surface area (Å²) in [5.41, 5.74) is 0. The highest BCUT2D eigenvalue weighted by Gasteiger charge is 2.22. The summed E-state index contributed by atoms with van der Waals surface area (Å²) in [6.45, 7) is 4.06. The van der Waals surface area contributed by atoms with E-state index in [0.29, 0.717) is 12.5 Å². The number of rotatable bonds is 6. The van der Waals surface area contributed by atoms with E-state index in [9.17, 15) is 9.59 Å². The molecule has 2 N–H and O–H groups in total. The van der Waals surface area contributed by atoms with Gasteiger partial charge in [0.25, 0.3) is 0 Å². The van der Waals surface area contributed by atoms with E-state index < -0.39 is 12.0 Å². The number of likely N-dealkylation sites (N-methyl/N-ethyl adjacent to an activating group) is 1. The van der Waals surface area contributed by atoms with E-state index in [2.05, 4.69) is 5.32 Å². The Balaban J connectivity index is 2.37. The first-order valence-electron chi connectivity index (χ1n) is 6.25. The maximum atomic E-state index is 11.0. The number of ether oxygens (including phenoxy) is 1. The summed E-state index contributed by atoms with van der Waals surface area (Å²) in [7, 11) is 1.88. The van der Waals surface area contributed by atoms with Gasteiger partial charge >= 0.3 is 5.97 Å². The lowest BCUT2D eigenvalue weighted by Crippen LogP contribution is -2.48. The number of carbonyl (C=O) groups is 2. The van der Waals surface area contributed by atoms with Crippen LogP contribution in [0.25, 0.3) is 0 Å². The number of nitrogens with one attached hydrogen (secondary N) is 1. The molecule has 1 saturated heterocycles. The molecule has 0 radical (unpaired) electrons. The van der Waals surface area contributed by atoms with E-state index >= 15 is 0 Å². The number of hydrogen-bond acceptors (Lipinski definition) is 4. The smallest absolute Gasteiger partial charge is 0.327 e. The fourth-order valence-electron chi connectivity index (χ4n) is 2.19. The van der Waals surface area contributed by atoms with Crippen LogP contribution in [0.5, 0.6) is 0 Å². The van der Waals surface area contributed by atoms with Crippen molar-refractivity contribution in [3.63, 3.8) is 0 Å². The van der Waals surface area contributed by atoms with Gasteiger partial charge in [0.15, 0.2) is 0 Å². The lowest BCUT2D eigenvalue weighted by molar-refractivity contribution is -0.142. The molecular formula is C12H22N2O4. The Morgan fingerprint density at radius 3 is 2.56 bits per heavy atom. The molecule has 1 fully saturated rings. The lowest BCUT2D eigenvalue weighted by atomic mass is 10.00. The molecule has 1 aliphatic heterocycles. The highest BCUT2D eigenvalue weighted by molar-refractivity contribution is 5.82. The minimum Gasteiger partial charge on any atom is -0.480 e. The Bertz CT molecular complexity index is 290. The second-order valence-electron chi connectivity index (χ2n) is 4.87. The third-order valence-electron chi connectivity index (χ3n) is 3.08. The van der Waals surface area contributed by atoms with Crippen LogP contribution in [0.3, 0.4) is 0 Å². The molecule has 0 aliphatic carbocycles. The molecule has 6 nitrogen and oxygen atoms in total. The number of hydrogen-bond donors (Lipinski definition) is 2. The van der Waals surface area contributed by atoms with Gasteiger partial charge in [-0.1, -0.05) is 0 Å². The van der Waals surface area contributed by atoms with E-state index in [1.165, 1.54) is 6.92 Å². The normalized spacial score (nSPS) is 18.6. The van der Waals surface area contributed by atoms with Crippen LogP contribution >= 0.6 is 0 Å². The molecular weight excluding hydrogens is 236 g/mol. The van der Waals surface area contributed by atoms with Gasteiger partial charge in [0.1, 0.15) is 6.04 Å². The standard InChI is InChI=1S/C12H22N2O4/c1-9(15)13-11(12(16)17)8-14(2)7-10-3-5-18-6-4-10/h10-11H,3-8H2,1-2H3,(H,13,15)(H,16,17). The van der Waals surface area contributed by atoms with Crippen molar-refractivity contribution in [3.8, 4) is 0 Å². The second kappa shape index (κ2) is 7.33. The highest BCUT2D eigenvalue weighted by Crippen LogP contribution is 2.15. The van der Waals surface area contributed by atoms with Crippen molar-refractivity contribution < 1.29 is 19.4 Å². The minimum absolute atomic E-state index is 0.318. The van der Waals surface area contributed by atoms with Crippen molar-refractivity contribution in [2.45, 2.75) is 25.8 Å². The van der Waals surface area contributed by atoms with E-state index in [1.54, 1.807) is 0 Å². The summed E-state index contributed by atoms with van der Waals surface area (Å²) in [5.74, 6) is -0.763. The molecule has 1 aliphatic rings. The van der Waals surface area contributed by atoms with Crippen molar-refractivity contribution in [3.05, 3.63) is 0 Å². The molecule has 1 rings (SSSR count). The SMILES string of the molecule is CC(=O)NC(CN(C)CC1CCOCC1)C(=O)O. The summed E-state index contributed by atoms with van der Waals surface area (Å²) in [6.07, 6.45) is 2.03. The summed E-state index contributed by atoms with van der Waals surface area (Å²) in [5, 5.41) is 11.5. The van der Waals surface area contributed by atoms with Crippen LogP contribution in [0.2, 0.25) is 0 Å². The van der Waals surface area contributed by atoms with Crippen LogP contribution in [0.15, 0.2) is 0 Å². The van der Waals surface area contributed by atoms with Gasteiger partial charge in [-0.3, -0.25) is 4.79 Å². The van der Waals surface area contributed by atoms with E-state index in [1.807, 2.05) is 11.9 Å². The molecule has 0 saturated carbocycles. The molecule has 1 heterocycles. The van der Waals surface area contributed by atoms with Crippen LogP contribution < -0.4 is 5.32 Å². The number of carbonyl (C=O) groups excluding carboxylic acids is 1. The first kappa shape index (κ1) is 14.9. The molecule has 1 atom stereocenters. The van der Waals surface area contributed by atoms with Crippen LogP contribution in [-0.2, 0) is 14.3 Å². The maximum Gasteiger partial charge on any atom is 0.327 e. The number of aliphatic carboxylic acids is 1. The van der Waals surface area contributed by atoms with Gasteiger partial charge in [0, 0.05) is 33.2 Å². The second-order valence-corrected chi connectivity index (χ2v) is 4.87. The Hall–Kier alpha value is -1.14. The summed E-state index contributed by atoms with van der Waals surface area (Å²) >= 11 is 0.